The van der Waals surface area contributed by atoms with Crippen LogP contribution in [0, 0.1) is 12.8 Å². The van der Waals surface area contributed by atoms with E-state index in [4.69, 9.17) is 4.28 Å². The summed E-state index contributed by atoms with van der Waals surface area (Å²) in [6.45, 7) is 1.82. The summed E-state index contributed by atoms with van der Waals surface area (Å²) in [5.41, 5.74) is 2.50. The van der Waals surface area contributed by atoms with Crippen molar-refractivity contribution in [2.75, 3.05) is 0 Å². The molecular formula is C23H19NO5S. The van der Waals surface area contributed by atoms with Crippen molar-refractivity contribution in [2.24, 2.45) is 5.92 Å². The molecule has 0 aromatic heterocycles. The van der Waals surface area contributed by atoms with E-state index in [2.05, 4.69) is 0 Å². The van der Waals surface area contributed by atoms with E-state index in [1.54, 1.807) is 30.3 Å². The molecule has 0 atom stereocenters. The van der Waals surface area contributed by atoms with Crippen LogP contribution in [0.15, 0.2) is 59.5 Å². The molecule has 0 spiro atoms. The van der Waals surface area contributed by atoms with Crippen LogP contribution < -0.4 is 0 Å². The molecule has 7 heteroatoms. The number of aryl methyl sites for hydroxylation is 1. The predicted molar refractivity (Wildman–Crippen MR) is 110 cm³/mol. The molecule has 5 rings (SSSR count). The summed E-state index contributed by atoms with van der Waals surface area (Å²) in [5, 5.41) is 1.78. The van der Waals surface area contributed by atoms with Gasteiger partial charge in [0.25, 0.3) is 11.8 Å². The van der Waals surface area contributed by atoms with Crippen LogP contribution in [0.5, 0.6) is 0 Å². The van der Waals surface area contributed by atoms with Crippen LogP contribution in [0.3, 0.4) is 0 Å². The molecular weight excluding hydrogens is 402 g/mol. The molecule has 1 fully saturated rings. The first-order chi connectivity index (χ1) is 14.3. The molecule has 0 N–H and O–H groups in total. The molecule has 30 heavy (non-hydrogen) atoms. The first-order valence-corrected chi connectivity index (χ1v) is 11.2. The molecule has 6 nitrogen and oxygen atoms in total. The summed E-state index contributed by atoms with van der Waals surface area (Å²) in [6.07, 6.45) is 3.29. The Morgan fingerprint density at radius 2 is 1.60 bits per heavy atom. The van der Waals surface area contributed by atoms with Gasteiger partial charge in [-0.05, 0) is 67.3 Å². The third-order valence-corrected chi connectivity index (χ3v) is 6.84. The zero-order valence-electron chi connectivity index (χ0n) is 16.3. The maximum atomic E-state index is 13.0. The van der Waals surface area contributed by atoms with Gasteiger partial charge in [-0.25, -0.2) is 0 Å². The van der Waals surface area contributed by atoms with Crippen molar-refractivity contribution in [1.29, 1.82) is 0 Å². The number of hydroxylamine groups is 2. The topological polar surface area (TPSA) is 80.8 Å². The summed E-state index contributed by atoms with van der Waals surface area (Å²) in [5.74, 6) is -0.911. The van der Waals surface area contributed by atoms with Crippen LogP contribution in [-0.2, 0) is 20.8 Å². The van der Waals surface area contributed by atoms with E-state index in [1.165, 1.54) is 25.0 Å². The van der Waals surface area contributed by atoms with Crippen molar-refractivity contribution in [3.05, 3.63) is 76.9 Å². The smallest absolute Gasteiger partial charge is 0.266 e. The Morgan fingerprint density at radius 3 is 2.27 bits per heavy atom. The minimum atomic E-state index is -4.35. The molecule has 1 saturated carbocycles. The molecule has 2 amide bonds. The number of nitrogens with zero attached hydrogens (tertiary/aromatic N) is 1. The number of carbonyl (C=O) groups excluding carboxylic acids is 2. The van der Waals surface area contributed by atoms with Gasteiger partial charge >= 0.3 is 10.1 Å². The fourth-order valence-electron chi connectivity index (χ4n) is 3.86. The Bertz CT molecular complexity index is 1290. The Balaban J connectivity index is 1.56. The van der Waals surface area contributed by atoms with Crippen molar-refractivity contribution < 1.29 is 22.3 Å². The lowest BCUT2D eigenvalue weighted by Gasteiger charge is -2.26. The summed E-state index contributed by atoms with van der Waals surface area (Å²) in [7, 11) is -4.35. The molecule has 3 aromatic rings. The van der Waals surface area contributed by atoms with E-state index in [1.807, 2.05) is 19.1 Å². The molecule has 0 unspecified atom stereocenters. The highest BCUT2D eigenvalue weighted by atomic mass is 32.2. The Kier molecular flexibility index (Phi) is 4.27. The van der Waals surface area contributed by atoms with Crippen LogP contribution in [-0.4, -0.2) is 25.3 Å². The molecule has 1 aliphatic carbocycles. The third-order valence-electron chi connectivity index (χ3n) is 5.65. The first kappa shape index (κ1) is 19.0. The van der Waals surface area contributed by atoms with Crippen LogP contribution in [0.25, 0.3) is 10.8 Å². The van der Waals surface area contributed by atoms with Gasteiger partial charge in [0.15, 0.2) is 0 Å². The fourth-order valence-corrected chi connectivity index (χ4v) is 4.75. The monoisotopic (exact) mass is 421 g/mol. The zero-order chi connectivity index (χ0) is 21.0. The van der Waals surface area contributed by atoms with Crippen LogP contribution in [0.4, 0.5) is 0 Å². The van der Waals surface area contributed by atoms with Crippen molar-refractivity contribution in [1.82, 2.24) is 5.06 Å². The zero-order valence-corrected chi connectivity index (χ0v) is 17.1. The van der Waals surface area contributed by atoms with E-state index < -0.39 is 21.9 Å². The van der Waals surface area contributed by atoms with Crippen LogP contribution in [0.1, 0.15) is 44.7 Å². The highest BCUT2D eigenvalue weighted by molar-refractivity contribution is 7.86. The van der Waals surface area contributed by atoms with Crippen LogP contribution >= 0.6 is 0 Å². The van der Waals surface area contributed by atoms with E-state index in [0.29, 0.717) is 16.4 Å². The fraction of sp³-hybridized carbons (Fsp3) is 0.217. The van der Waals surface area contributed by atoms with Gasteiger partial charge in [0.1, 0.15) is 0 Å². The molecule has 3 aromatic carbocycles. The number of hydrogen-bond donors (Lipinski definition) is 0. The van der Waals surface area contributed by atoms with Crippen LogP contribution in [0.2, 0.25) is 0 Å². The average Bonchev–Trinajstić information content (AvgIpc) is 3.54. The van der Waals surface area contributed by atoms with Crippen molar-refractivity contribution >= 4 is 32.7 Å². The Morgan fingerprint density at radius 1 is 0.933 bits per heavy atom. The van der Waals surface area contributed by atoms with Gasteiger partial charge in [-0.2, -0.15) is 8.42 Å². The molecule has 0 saturated heterocycles. The van der Waals surface area contributed by atoms with Gasteiger partial charge in [-0.1, -0.05) is 35.9 Å². The standard InChI is InChI=1S/C23H19NO5S/c1-14-5-10-17(11-6-14)30(27,28)29-24-22(25)19-4-2-3-18-16(13-15-7-8-15)9-12-20(21(18)19)23(24)26/h2-6,9-12,15H,7-8,13H2,1H3. The summed E-state index contributed by atoms with van der Waals surface area (Å²) in [4.78, 5) is 25.9. The van der Waals surface area contributed by atoms with E-state index in [9.17, 15) is 18.0 Å². The lowest BCUT2D eigenvalue weighted by molar-refractivity contribution is -0.0155. The third kappa shape index (κ3) is 3.11. The molecule has 0 radical (unpaired) electrons. The van der Waals surface area contributed by atoms with E-state index in [0.717, 1.165) is 22.9 Å². The first-order valence-electron chi connectivity index (χ1n) is 9.80. The maximum Gasteiger partial charge on any atom is 0.318 e. The number of hydrogen-bond acceptors (Lipinski definition) is 5. The quantitative estimate of drug-likeness (QED) is 0.582. The summed E-state index contributed by atoms with van der Waals surface area (Å²) >= 11 is 0. The largest absolute Gasteiger partial charge is 0.318 e. The van der Waals surface area contributed by atoms with Gasteiger partial charge in [-0.15, -0.1) is 9.35 Å². The Labute approximate surface area is 174 Å². The number of amides is 2. The lowest BCUT2D eigenvalue weighted by atomic mass is 9.90. The molecule has 152 valence electrons. The Hall–Kier alpha value is -3.03. The summed E-state index contributed by atoms with van der Waals surface area (Å²) < 4.78 is 30.4. The van der Waals surface area contributed by atoms with Gasteiger partial charge in [0.2, 0.25) is 0 Å². The minimum Gasteiger partial charge on any atom is -0.266 e. The number of imide groups is 1. The SMILES string of the molecule is Cc1ccc(S(=O)(=O)ON2C(=O)c3cccc4c(CC5CC5)ccc(c34)C2=O)cc1. The maximum absolute atomic E-state index is 13.0. The molecule has 0 bridgehead atoms. The highest BCUT2D eigenvalue weighted by Gasteiger charge is 2.38. The second kappa shape index (κ2) is 6.75. The second-order valence-electron chi connectivity index (χ2n) is 7.89. The minimum absolute atomic E-state index is 0.127. The van der Waals surface area contributed by atoms with Crippen molar-refractivity contribution in [3.8, 4) is 0 Å². The molecule has 2 aliphatic rings. The van der Waals surface area contributed by atoms with E-state index in [-0.39, 0.29) is 16.0 Å². The average molecular weight is 421 g/mol. The normalized spacial score (nSPS) is 16.4. The predicted octanol–water partition coefficient (Wildman–Crippen LogP) is 4.02. The number of rotatable bonds is 5. The number of carbonyl (C=O) groups is 2. The highest BCUT2D eigenvalue weighted by Crippen LogP contribution is 2.38. The van der Waals surface area contributed by atoms with E-state index >= 15 is 0 Å². The van der Waals surface area contributed by atoms with Gasteiger partial charge < -0.3 is 0 Å². The van der Waals surface area contributed by atoms with Gasteiger partial charge in [0, 0.05) is 5.39 Å². The molecule has 1 heterocycles. The lowest BCUT2D eigenvalue weighted by Crippen LogP contribution is -2.41. The van der Waals surface area contributed by atoms with Crippen molar-refractivity contribution in [3.63, 3.8) is 0 Å². The van der Waals surface area contributed by atoms with Gasteiger partial charge in [0.05, 0.1) is 16.0 Å². The van der Waals surface area contributed by atoms with Crippen molar-refractivity contribution in [2.45, 2.75) is 31.1 Å². The molecule has 1 aliphatic heterocycles. The summed E-state index contributed by atoms with van der Waals surface area (Å²) in [6, 6.07) is 14.8. The number of benzene rings is 3. The van der Waals surface area contributed by atoms with Gasteiger partial charge in [-0.3, -0.25) is 9.59 Å². The second-order valence-corrected chi connectivity index (χ2v) is 9.42.